The Morgan fingerprint density at radius 2 is 1.95 bits per heavy atom. The second kappa shape index (κ2) is 4.92. The number of nitrogens with one attached hydrogen (secondary N) is 2. The van der Waals surface area contributed by atoms with Gasteiger partial charge in [0.25, 0.3) is 5.91 Å². The number of rotatable bonds is 4. The van der Waals surface area contributed by atoms with Crippen molar-refractivity contribution in [2.45, 2.75) is 25.3 Å². The molecule has 3 N–H and O–H groups in total. The van der Waals surface area contributed by atoms with Crippen molar-refractivity contribution in [1.82, 2.24) is 5.32 Å². The number of anilines is 1. The zero-order chi connectivity index (χ0) is 14.9. The third-order valence-electron chi connectivity index (χ3n) is 3.04. The lowest BCUT2D eigenvalue weighted by molar-refractivity contribution is -0.140. The van der Waals surface area contributed by atoms with Crippen molar-refractivity contribution >= 4 is 23.5 Å². The van der Waals surface area contributed by atoms with Gasteiger partial charge in [0.1, 0.15) is 11.4 Å². The first-order valence-corrected chi connectivity index (χ1v) is 5.97. The van der Waals surface area contributed by atoms with Gasteiger partial charge in [-0.15, -0.1) is 0 Å². The van der Waals surface area contributed by atoms with Crippen molar-refractivity contribution < 1.29 is 23.9 Å². The highest BCUT2D eigenvalue weighted by Crippen LogP contribution is 2.36. The van der Waals surface area contributed by atoms with Crippen molar-refractivity contribution in [3.8, 4) is 0 Å². The minimum absolute atomic E-state index is 0.268. The van der Waals surface area contributed by atoms with E-state index in [2.05, 4.69) is 10.6 Å². The Kier molecular flexibility index (Phi) is 3.44. The lowest BCUT2D eigenvalue weighted by atomic mass is 10.1. The van der Waals surface area contributed by atoms with Gasteiger partial charge in [0.2, 0.25) is 5.91 Å². The highest BCUT2D eigenvalue weighted by atomic mass is 19.1. The number of hydrogen-bond donors (Lipinski definition) is 3. The van der Waals surface area contributed by atoms with Crippen molar-refractivity contribution in [3.05, 3.63) is 29.6 Å². The van der Waals surface area contributed by atoms with Gasteiger partial charge in [0.15, 0.2) is 0 Å². The molecule has 1 fully saturated rings. The fourth-order valence-corrected chi connectivity index (χ4v) is 1.78. The van der Waals surface area contributed by atoms with Gasteiger partial charge >= 0.3 is 5.97 Å². The van der Waals surface area contributed by atoms with Crippen molar-refractivity contribution in [1.29, 1.82) is 0 Å². The molecule has 1 aromatic rings. The quantitative estimate of drug-likeness (QED) is 0.770. The summed E-state index contributed by atoms with van der Waals surface area (Å²) in [5.74, 6) is -3.08. The Morgan fingerprint density at radius 1 is 1.30 bits per heavy atom. The van der Waals surface area contributed by atoms with E-state index in [0.29, 0.717) is 12.8 Å². The molecule has 106 valence electrons. The van der Waals surface area contributed by atoms with Crippen molar-refractivity contribution in [2.75, 3.05) is 5.32 Å². The maximum Gasteiger partial charge on any atom is 0.329 e. The predicted octanol–water partition coefficient (Wildman–Crippen LogP) is 1.13. The zero-order valence-corrected chi connectivity index (χ0v) is 10.7. The lowest BCUT2D eigenvalue weighted by Gasteiger charge is -2.13. The van der Waals surface area contributed by atoms with Crippen molar-refractivity contribution in [3.63, 3.8) is 0 Å². The van der Waals surface area contributed by atoms with E-state index in [1.54, 1.807) is 0 Å². The fraction of sp³-hybridized carbons (Fsp3) is 0.308. The van der Waals surface area contributed by atoms with Crippen LogP contribution in [0.4, 0.5) is 10.1 Å². The molecule has 20 heavy (non-hydrogen) atoms. The van der Waals surface area contributed by atoms with Gasteiger partial charge in [-0.25, -0.2) is 9.18 Å². The molecule has 0 heterocycles. The molecular formula is C13H13FN2O4. The van der Waals surface area contributed by atoms with E-state index in [9.17, 15) is 18.8 Å². The van der Waals surface area contributed by atoms with E-state index in [1.807, 2.05) is 0 Å². The maximum absolute atomic E-state index is 13.6. The maximum atomic E-state index is 13.6. The van der Waals surface area contributed by atoms with Crippen LogP contribution < -0.4 is 10.6 Å². The molecule has 0 atom stereocenters. The van der Waals surface area contributed by atoms with Gasteiger partial charge in [-0.2, -0.15) is 0 Å². The molecule has 6 nitrogen and oxygen atoms in total. The van der Waals surface area contributed by atoms with Gasteiger partial charge in [0, 0.05) is 12.6 Å². The summed E-state index contributed by atoms with van der Waals surface area (Å²) in [6.45, 7) is 1.28. The summed E-state index contributed by atoms with van der Waals surface area (Å²) < 4.78 is 13.6. The molecule has 1 aromatic carbocycles. The molecule has 0 spiro atoms. The minimum atomic E-state index is -1.28. The minimum Gasteiger partial charge on any atom is -0.480 e. The Bertz CT molecular complexity index is 596. The predicted molar refractivity (Wildman–Crippen MR) is 67.8 cm³/mol. The van der Waals surface area contributed by atoms with Crippen LogP contribution in [-0.4, -0.2) is 28.4 Å². The van der Waals surface area contributed by atoms with Gasteiger partial charge in [-0.05, 0) is 31.0 Å². The Labute approximate surface area is 114 Å². The fourth-order valence-electron chi connectivity index (χ4n) is 1.78. The number of benzene rings is 1. The van der Waals surface area contributed by atoms with E-state index in [1.165, 1.54) is 19.1 Å². The van der Waals surface area contributed by atoms with Crippen LogP contribution >= 0.6 is 0 Å². The summed E-state index contributed by atoms with van der Waals surface area (Å²) in [7, 11) is 0. The average molecular weight is 280 g/mol. The Morgan fingerprint density at radius 3 is 2.45 bits per heavy atom. The number of halogens is 1. The molecule has 0 unspecified atom stereocenters. The molecule has 1 aliphatic rings. The molecular weight excluding hydrogens is 267 g/mol. The van der Waals surface area contributed by atoms with E-state index in [4.69, 9.17) is 5.11 Å². The second-order valence-electron chi connectivity index (χ2n) is 4.72. The van der Waals surface area contributed by atoms with E-state index < -0.39 is 23.2 Å². The standard InChI is InChI=1S/C13H13FN2O4/c1-7(17)15-8-2-3-10(14)9(6-8)11(18)16-13(4-5-13)12(19)20/h2-3,6H,4-5H2,1H3,(H,15,17)(H,16,18)(H,19,20). The molecule has 1 aliphatic carbocycles. The van der Waals surface area contributed by atoms with Crippen molar-refractivity contribution in [2.24, 2.45) is 0 Å². The summed E-state index contributed by atoms with van der Waals surface area (Å²) in [6.07, 6.45) is 0.641. The number of hydrogen-bond acceptors (Lipinski definition) is 3. The first-order chi connectivity index (χ1) is 9.34. The number of aliphatic carboxylic acids is 1. The number of carboxylic acids is 1. The van der Waals surface area contributed by atoms with Gasteiger partial charge in [-0.1, -0.05) is 0 Å². The van der Waals surface area contributed by atoms with Crippen LogP contribution in [0.15, 0.2) is 18.2 Å². The molecule has 0 radical (unpaired) electrons. The second-order valence-corrected chi connectivity index (χ2v) is 4.72. The van der Waals surface area contributed by atoms with Gasteiger partial charge in [0.05, 0.1) is 5.56 Å². The smallest absolute Gasteiger partial charge is 0.329 e. The van der Waals surface area contributed by atoms with Crippen LogP contribution in [0.5, 0.6) is 0 Å². The van der Waals surface area contributed by atoms with Crippen LogP contribution in [0.2, 0.25) is 0 Å². The molecule has 7 heteroatoms. The topological polar surface area (TPSA) is 95.5 Å². The summed E-state index contributed by atoms with van der Waals surface area (Å²) in [4.78, 5) is 33.8. The van der Waals surface area contributed by atoms with E-state index >= 15 is 0 Å². The summed E-state index contributed by atoms with van der Waals surface area (Å²) in [5, 5.41) is 13.7. The molecule has 1 saturated carbocycles. The van der Waals surface area contributed by atoms with Gasteiger partial charge in [-0.3, -0.25) is 9.59 Å². The van der Waals surface area contributed by atoms with Crippen LogP contribution in [0.1, 0.15) is 30.1 Å². The Balaban J connectivity index is 2.21. The highest BCUT2D eigenvalue weighted by molar-refractivity contribution is 6.00. The molecule has 2 amide bonds. The highest BCUT2D eigenvalue weighted by Gasteiger charge is 2.51. The monoisotopic (exact) mass is 280 g/mol. The average Bonchev–Trinajstić information content (AvgIpc) is 3.12. The van der Waals surface area contributed by atoms with Crippen LogP contribution in [0.25, 0.3) is 0 Å². The van der Waals surface area contributed by atoms with Gasteiger partial charge < -0.3 is 15.7 Å². The first kappa shape index (κ1) is 14.0. The number of carbonyl (C=O) groups is 3. The first-order valence-electron chi connectivity index (χ1n) is 5.97. The van der Waals surface area contributed by atoms with Crippen LogP contribution in [0.3, 0.4) is 0 Å². The van der Waals surface area contributed by atoms with E-state index in [-0.39, 0.29) is 17.2 Å². The molecule has 0 aromatic heterocycles. The van der Waals surface area contributed by atoms with Crippen LogP contribution in [0, 0.1) is 5.82 Å². The summed E-state index contributed by atoms with van der Waals surface area (Å²) >= 11 is 0. The zero-order valence-electron chi connectivity index (χ0n) is 10.7. The number of carboxylic acid groups (broad SMARTS) is 1. The largest absolute Gasteiger partial charge is 0.480 e. The molecule has 0 bridgehead atoms. The molecule has 0 saturated heterocycles. The Hall–Kier alpha value is -2.44. The molecule has 2 rings (SSSR count). The SMILES string of the molecule is CC(=O)Nc1ccc(F)c(C(=O)NC2(C(=O)O)CC2)c1. The normalized spacial score (nSPS) is 15.3. The number of amides is 2. The number of carbonyl (C=O) groups excluding carboxylic acids is 2. The molecule has 0 aliphatic heterocycles. The van der Waals surface area contributed by atoms with Crippen LogP contribution in [-0.2, 0) is 9.59 Å². The summed E-state index contributed by atoms with van der Waals surface area (Å²) in [6, 6.07) is 3.53. The third kappa shape index (κ3) is 2.76. The summed E-state index contributed by atoms with van der Waals surface area (Å²) in [5.41, 5.74) is -1.32. The lowest BCUT2D eigenvalue weighted by Crippen LogP contribution is -2.43. The third-order valence-corrected chi connectivity index (χ3v) is 3.04. The van der Waals surface area contributed by atoms with E-state index in [0.717, 1.165) is 6.07 Å².